The zero-order valence-corrected chi connectivity index (χ0v) is 19.2. The summed E-state index contributed by atoms with van der Waals surface area (Å²) in [5.74, 6) is 0.865. The van der Waals surface area contributed by atoms with Crippen LogP contribution in [0.25, 0.3) is 0 Å². The van der Waals surface area contributed by atoms with Crippen molar-refractivity contribution in [3.05, 3.63) is 30.3 Å². The van der Waals surface area contributed by atoms with Gasteiger partial charge in [0.1, 0.15) is 0 Å². The number of anilines is 1. The molecule has 0 aliphatic carbocycles. The molecule has 1 aromatic carbocycles. The molecule has 152 valence electrons. The Bertz CT molecular complexity index is 592. The van der Waals surface area contributed by atoms with Crippen molar-refractivity contribution >= 4 is 41.5 Å². The second kappa shape index (κ2) is 11.4. The lowest BCUT2D eigenvalue weighted by Gasteiger charge is -2.34. The molecule has 1 heterocycles. The number of guanidine groups is 1. The third kappa shape index (κ3) is 7.94. The van der Waals surface area contributed by atoms with E-state index >= 15 is 0 Å². The van der Waals surface area contributed by atoms with Crippen LogP contribution in [-0.2, 0) is 4.79 Å². The molecule has 6 nitrogen and oxygen atoms in total. The van der Waals surface area contributed by atoms with Crippen LogP contribution >= 0.6 is 24.0 Å². The van der Waals surface area contributed by atoms with E-state index in [-0.39, 0.29) is 35.3 Å². The Morgan fingerprint density at radius 3 is 2.26 bits per heavy atom. The normalized spacial score (nSPS) is 15.7. The van der Waals surface area contributed by atoms with Gasteiger partial charge in [-0.25, -0.2) is 0 Å². The van der Waals surface area contributed by atoms with E-state index in [9.17, 15) is 4.79 Å². The van der Waals surface area contributed by atoms with Crippen molar-refractivity contribution in [3.8, 4) is 0 Å². The molecule has 0 atom stereocenters. The molecular weight excluding hydrogens is 453 g/mol. The number of piperidine rings is 1. The minimum atomic E-state index is -0.355. The summed E-state index contributed by atoms with van der Waals surface area (Å²) in [7, 11) is 1.78. The van der Waals surface area contributed by atoms with Crippen molar-refractivity contribution in [2.45, 2.75) is 39.7 Å². The van der Waals surface area contributed by atoms with E-state index < -0.39 is 0 Å². The summed E-state index contributed by atoms with van der Waals surface area (Å²) in [6, 6.07) is 11.0. The van der Waals surface area contributed by atoms with E-state index in [1.54, 1.807) is 7.05 Å². The Morgan fingerprint density at radius 1 is 1.11 bits per heavy atom. The van der Waals surface area contributed by atoms with Crippen LogP contribution in [-0.4, -0.2) is 51.1 Å². The first-order valence-corrected chi connectivity index (χ1v) is 9.45. The number of rotatable bonds is 5. The molecule has 27 heavy (non-hydrogen) atoms. The van der Waals surface area contributed by atoms with Gasteiger partial charge in [-0.15, -0.1) is 24.0 Å². The van der Waals surface area contributed by atoms with Gasteiger partial charge >= 0.3 is 0 Å². The number of hydrogen-bond acceptors (Lipinski definition) is 3. The molecule has 0 bridgehead atoms. The molecule has 0 saturated carbocycles. The second-order valence-corrected chi connectivity index (χ2v) is 7.75. The predicted octanol–water partition coefficient (Wildman–Crippen LogP) is 2.60. The van der Waals surface area contributed by atoms with Crippen molar-refractivity contribution in [2.75, 3.05) is 38.1 Å². The highest BCUT2D eigenvalue weighted by Crippen LogP contribution is 2.19. The fourth-order valence-electron chi connectivity index (χ4n) is 2.93. The van der Waals surface area contributed by atoms with E-state index in [1.165, 1.54) is 5.69 Å². The summed E-state index contributed by atoms with van der Waals surface area (Å²) in [4.78, 5) is 18.6. The molecule has 0 aromatic heterocycles. The molecule has 1 aliphatic heterocycles. The third-order valence-electron chi connectivity index (χ3n) is 4.56. The Balaban J connectivity index is 0.00000364. The fourth-order valence-corrected chi connectivity index (χ4v) is 2.93. The van der Waals surface area contributed by atoms with Crippen LogP contribution in [0.2, 0.25) is 0 Å². The molecule has 7 heteroatoms. The molecular formula is C20H34IN5O. The van der Waals surface area contributed by atoms with Crippen LogP contribution in [0.15, 0.2) is 35.3 Å². The highest BCUT2D eigenvalue weighted by Gasteiger charge is 2.21. The maximum absolute atomic E-state index is 11.9. The lowest BCUT2D eigenvalue weighted by Crippen LogP contribution is -2.50. The van der Waals surface area contributed by atoms with E-state index in [4.69, 9.17) is 0 Å². The molecule has 0 spiro atoms. The largest absolute Gasteiger partial charge is 0.371 e. The zero-order valence-electron chi connectivity index (χ0n) is 16.9. The summed E-state index contributed by atoms with van der Waals surface area (Å²) >= 11 is 0. The number of hydrogen-bond donors (Lipinski definition) is 3. The smallest absolute Gasteiger partial charge is 0.225 e. The van der Waals surface area contributed by atoms with Crippen LogP contribution in [0.5, 0.6) is 0 Å². The van der Waals surface area contributed by atoms with E-state index in [0.29, 0.717) is 19.1 Å². The fraction of sp³-hybridized carbons (Fsp3) is 0.600. The number of benzene rings is 1. The van der Waals surface area contributed by atoms with Gasteiger partial charge in [-0.1, -0.05) is 39.0 Å². The lowest BCUT2D eigenvalue weighted by atomic mass is 9.96. The molecule has 2 rings (SSSR count). The topological polar surface area (TPSA) is 68.8 Å². The average molecular weight is 487 g/mol. The highest BCUT2D eigenvalue weighted by molar-refractivity contribution is 14.0. The second-order valence-electron chi connectivity index (χ2n) is 7.75. The van der Waals surface area contributed by atoms with Crippen LogP contribution in [0.3, 0.4) is 0 Å². The van der Waals surface area contributed by atoms with Crippen LogP contribution in [0.1, 0.15) is 33.6 Å². The number of nitrogens with one attached hydrogen (secondary N) is 3. The van der Waals surface area contributed by atoms with Gasteiger partial charge in [-0.2, -0.15) is 0 Å². The SMILES string of the molecule is CN=C(NCCNC(=O)C(C)(C)C)NC1CCN(c2ccccc2)CC1.I. The van der Waals surface area contributed by atoms with Gasteiger partial charge in [0.2, 0.25) is 5.91 Å². The van der Waals surface area contributed by atoms with Crippen molar-refractivity contribution in [2.24, 2.45) is 10.4 Å². The van der Waals surface area contributed by atoms with Gasteiger partial charge < -0.3 is 20.9 Å². The average Bonchev–Trinajstić information content (AvgIpc) is 2.64. The number of carbonyl (C=O) groups is 1. The third-order valence-corrected chi connectivity index (χ3v) is 4.56. The first kappa shape index (κ1) is 23.5. The molecule has 1 aliphatic rings. The zero-order chi connectivity index (χ0) is 19.0. The maximum Gasteiger partial charge on any atom is 0.225 e. The maximum atomic E-state index is 11.9. The lowest BCUT2D eigenvalue weighted by molar-refractivity contribution is -0.128. The standard InChI is InChI=1S/C20H33N5O.HI/c1-20(2,3)18(26)22-12-13-23-19(21-4)24-16-10-14-25(15-11-16)17-8-6-5-7-9-17;/h5-9,16H,10-15H2,1-4H3,(H,22,26)(H2,21,23,24);1H. The Kier molecular flexibility index (Phi) is 9.90. The van der Waals surface area contributed by atoms with Gasteiger partial charge in [0.05, 0.1) is 0 Å². The van der Waals surface area contributed by atoms with Gasteiger partial charge in [0.25, 0.3) is 0 Å². The van der Waals surface area contributed by atoms with Gasteiger partial charge in [-0.3, -0.25) is 9.79 Å². The molecule has 1 amide bonds. The molecule has 1 aromatic rings. The monoisotopic (exact) mass is 487 g/mol. The van der Waals surface area contributed by atoms with E-state index in [1.807, 2.05) is 20.8 Å². The predicted molar refractivity (Wildman–Crippen MR) is 124 cm³/mol. The molecule has 1 saturated heterocycles. The van der Waals surface area contributed by atoms with Gasteiger partial charge in [0, 0.05) is 50.4 Å². The number of para-hydroxylation sites is 1. The summed E-state index contributed by atoms with van der Waals surface area (Å²) in [5, 5.41) is 9.71. The van der Waals surface area contributed by atoms with Crippen LogP contribution in [0.4, 0.5) is 5.69 Å². The quantitative estimate of drug-likeness (QED) is 0.259. The van der Waals surface area contributed by atoms with Crippen molar-refractivity contribution in [1.29, 1.82) is 0 Å². The Morgan fingerprint density at radius 2 is 1.70 bits per heavy atom. The number of nitrogens with zero attached hydrogens (tertiary/aromatic N) is 2. The summed E-state index contributed by atoms with van der Waals surface area (Å²) in [6.45, 7) is 9.07. The number of carbonyl (C=O) groups excluding carboxylic acids is 1. The number of amides is 1. The summed E-state index contributed by atoms with van der Waals surface area (Å²) < 4.78 is 0. The van der Waals surface area contributed by atoms with Crippen molar-refractivity contribution < 1.29 is 4.79 Å². The minimum Gasteiger partial charge on any atom is -0.371 e. The van der Waals surface area contributed by atoms with E-state index in [0.717, 1.165) is 31.9 Å². The van der Waals surface area contributed by atoms with Crippen LogP contribution in [0, 0.1) is 5.41 Å². The summed E-state index contributed by atoms with van der Waals surface area (Å²) in [6.07, 6.45) is 2.16. The van der Waals surface area contributed by atoms with Crippen molar-refractivity contribution in [1.82, 2.24) is 16.0 Å². The molecule has 0 unspecified atom stereocenters. The van der Waals surface area contributed by atoms with Crippen LogP contribution < -0.4 is 20.9 Å². The molecule has 3 N–H and O–H groups in total. The number of aliphatic imine (C=N–C) groups is 1. The van der Waals surface area contributed by atoms with Gasteiger partial charge in [-0.05, 0) is 25.0 Å². The van der Waals surface area contributed by atoms with Crippen molar-refractivity contribution in [3.63, 3.8) is 0 Å². The Labute approximate surface area is 180 Å². The highest BCUT2D eigenvalue weighted by atomic mass is 127. The van der Waals surface area contributed by atoms with Gasteiger partial charge in [0.15, 0.2) is 5.96 Å². The minimum absolute atomic E-state index is 0. The first-order valence-electron chi connectivity index (χ1n) is 9.45. The van der Waals surface area contributed by atoms with E-state index in [2.05, 4.69) is 56.2 Å². The number of halogens is 1. The summed E-state index contributed by atoms with van der Waals surface area (Å²) in [5.41, 5.74) is 0.940. The molecule has 1 fully saturated rings. The first-order chi connectivity index (χ1) is 12.4. The molecule has 0 radical (unpaired) electrons. The Hall–Kier alpha value is -1.51.